The monoisotopic (exact) mass is 251 g/mol. The highest BCUT2D eigenvalue weighted by Gasteiger charge is 2.09. The zero-order valence-electron chi connectivity index (χ0n) is 9.33. The van der Waals surface area contributed by atoms with Gasteiger partial charge in [-0.3, -0.25) is 9.59 Å². The Labute approximate surface area is 102 Å². The fraction of sp³-hybridized carbons (Fsp3) is 0.167. The molecule has 0 unspecified atom stereocenters. The Bertz CT molecular complexity index is 661. The summed E-state index contributed by atoms with van der Waals surface area (Å²) < 4.78 is 5.07. The molecule has 0 atom stereocenters. The Balaban J connectivity index is 2.80. The first-order valence-corrected chi connectivity index (χ1v) is 5.32. The molecule has 0 spiro atoms. The molecule has 0 aliphatic carbocycles. The Morgan fingerprint density at radius 1 is 1.35 bits per heavy atom. The number of hydrogen-bond donors (Lipinski definition) is 1. The maximum Gasteiger partial charge on any atom is 0.259 e. The number of Topliss-reactive ketones (excluding diaryl/α,β-unsaturated/α-hetero) is 1. The van der Waals surface area contributed by atoms with Gasteiger partial charge in [-0.1, -0.05) is 11.6 Å². The van der Waals surface area contributed by atoms with Crippen LogP contribution in [0.4, 0.5) is 0 Å². The molecule has 0 amide bonds. The normalized spacial score (nSPS) is 10.5. The predicted octanol–water partition coefficient (Wildman–Crippen LogP) is 2.39. The van der Waals surface area contributed by atoms with Crippen molar-refractivity contribution in [2.75, 3.05) is 7.11 Å². The molecule has 0 aliphatic rings. The third-order valence-corrected chi connectivity index (χ3v) is 2.79. The lowest BCUT2D eigenvalue weighted by molar-refractivity contribution is 0.101. The van der Waals surface area contributed by atoms with E-state index < -0.39 is 5.56 Å². The summed E-state index contributed by atoms with van der Waals surface area (Å²) in [6.07, 6.45) is 0. The van der Waals surface area contributed by atoms with Gasteiger partial charge in [0.05, 0.1) is 23.2 Å². The minimum Gasteiger partial charge on any atom is -0.495 e. The van der Waals surface area contributed by atoms with Crippen LogP contribution in [0.15, 0.2) is 23.0 Å². The van der Waals surface area contributed by atoms with Gasteiger partial charge in [0, 0.05) is 5.39 Å². The number of aromatic nitrogens is 1. The fourth-order valence-corrected chi connectivity index (χ4v) is 1.87. The van der Waals surface area contributed by atoms with Gasteiger partial charge < -0.3 is 9.72 Å². The van der Waals surface area contributed by atoms with Crippen molar-refractivity contribution in [1.82, 2.24) is 4.98 Å². The summed E-state index contributed by atoms with van der Waals surface area (Å²) >= 11 is 5.94. The lowest BCUT2D eigenvalue weighted by atomic mass is 10.1. The standard InChI is InChI=1S/C12H10ClNO3/c1-6(15)8-3-7-4-11(17-2)9(13)5-10(7)14-12(8)16/h3-5H,1-2H3,(H,14,16). The maximum atomic E-state index is 11.6. The van der Waals surface area contributed by atoms with Crippen molar-refractivity contribution < 1.29 is 9.53 Å². The summed E-state index contributed by atoms with van der Waals surface area (Å²) in [7, 11) is 1.50. The molecule has 0 saturated heterocycles. The third-order valence-electron chi connectivity index (χ3n) is 2.50. The highest BCUT2D eigenvalue weighted by molar-refractivity contribution is 6.32. The molecule has 0 bridgehead atoms. The number of hydrogen-bond acceptors (Lipinski definition) is 3. The van der Waals surface area contributed by atoms with Gasteiger partial charge in [0.25, 0.3) is 5.56 Å². The highest BCUT2D eigenvalue weighted by atomic mass is 35.5. The molecule has 0 saturated carbocycles. The molecule has 0 aliphatic heterocycles. The Morgan fingerprint density at radius 2 is 2.06 bits per heavy atom. The van der Waals surface area contributed by atoms with Crippen molar-refractivity contribution in [3.05, 3.63) is 39.1 Å². The van der Waals surface area contributed by atoms with Crippen molar-refractivity contribution >= 4 is 28.3 Å². The van der Waals surface area contributed by atoms with Crippen LogP contribution in [0.5, 0.6) is 5.75 Å². The number of pyridine rings is 1. The topological polar surface area (TPSA) is 59.2 Å². The lowest BCUT2D eigenvalue weighted by Crippen LogP contribution is -2.15. The smallest absolute Gasteiger partial charge is 0.259 e. The van der Waals surface area contributed by atoms with Gasteiger partial charge >= 0.3 is 0 Å². The number of rotatable bonds is 2. The van der Waals surface area contributed by atoms with E-state index >= 15 is 0 Å². The van der Waals surface area contributed by atoms with E-state index in [2.05, 4.69) is 4.98 Å². The molecule has 4 nitrogen and oxygen atoms in total. The van der Waals surface area contributed by atoms with Crippen LogP contribution in [0.25, 0.3) is 10.9 Å². The summed E-state index contributed by atoms with van der Waals surface area (Å²) in [5.74, 6) is 0.225. The Hall–Kier alpha value is -1.81. The predicted molar refractivity (Wildman–Crippen MR) is 66.1 cm³/mol. The fourth-order valence-electron chi connectivity index (χ4n) is 1.63. The van der Waals surface area contributed by atoms with E-state index in [1.807, 2.05) is 0 Å². The molecule has 1 aromatic heterocycles. The largest absolute Gasteiger partial charge is 0.495 e. The van der Waals surface area contributed by atoms with Gasteiger partial charge in [0.2, 0.25) is 0 Å². The molecule has 1 aromatic carbocycles. The first kappa shape index (κ1) is 11.7. The number of carbonyl (C=O) groups is 1. The van der Waals surface area contributed by atoms with Crippen LogP contribution in [0.2, 0.25) is 5.02 Å². The third kappa shape index (κ3) is 2.03. The summed E-state index contributed by atoms with van der Waals surface area (Å²) in [5, 5.41) is 1.11. The van der Waals surface area contributed by atoms with Crippen LogP contribution >= 0.6 is 11.6 Å². The van der Waals surface area contributed by atoms with Crippen LogP contribution in [0.3, 0.4) is 0 Å². The van der Waals surface area contributed by atoms with Crippen LogP contribution < -0.4 is 10.3 Å². The van der Waals surface area contributed by atoms with Crippen LogP contribution in [-0.2, 0) is 0 Å². The number of carbonyl (C=O) groups excluding carboxylic acids is 1. The number of nitrogens with one attached hydrogen (secondary N) is 1. The van der Waals surface area contributed by atoms with E-state index in [4.69, 9.17) is 16.3 Å². The number of ether oxygens (including phenoxy) is 1. The van der Waals surface area contributed by atoms with Crippen molar-refractivity contribution in [3.63, 3.8) is 0 Å². The van der Waals surface area contributed by atoms with Gasteiger partial charge in [-0.25, -0.2) is 0 Å². The SMILES string of the molecule is COc1cc2cc(C(C)=O)c(=O)[nH]c2cc1Cl. The molecule has 2 aromatic rings. The van der Waals surface area contributed by atoms with Crippen molar-refractivity contribution in [2.45, 2.75) is 6.92 Å². The Kier molecular flexibility index (Phi) is 2.90. The van der Waals surface area contributed by atoms with E-state index in [0.717, 1.165) is 0 Å². The summed E-state index contributed by atoms with van der Waals surface area (Å²) in [5.41, 5.74) is 0.291. The number of H-pyrrole nitrogens is 1. The molecule has 1 heterocycles. The zero-order chi connectivity index (χ0) is 12.6. The van der Waals surface area contributed by atoms with Crippen LogP contribution in [0.1, 0.15) is 17.3 Å². The second-order valence-electron chi connectivity index (χ2n) is 3.64. The van der Waals surface area contributed by atoms with E-state index in [0.29, 0.717) is 21.7 Å². The molecule has 0 radical (unpaired) electrons. The summed E-state index contributed by atoms with van der Waals surface area (Å²) in [4.78, 5) is 25.5. The number of benzene rings is 1. The number of methoxy groups -OCH3 is 1. The number of ketones is 1. The molecule has 17 heavy (non-hydrogen) atoms. The first-order chi connectivity index (χ1) is 8.02. The van der Waals surface area contributed by atoms with Gasteiger partial charge in [-0.15, -0.1) is 0 Å². The molecule has 2 rings (SSSR count). The maximum absolute atomic E-state index is 11.6. The minimum atomic E-state index is -0.411. The highest BCUT2D eigenvalue weighted by Crippen LogP contribution is 2.28. The quantitative estimate of drug-likeness (QED) is 0.834. The average Bonchev–Trinajstić information content (AvgIpc) is 2.27. The molecule has 0 fully saturated rings. The van der Waals surface area contributed by atoms with Crippen LogP contribution in [-0.4, -0.2) is 17.9 Å². The first-order valence-electron chi connectivity index (χ1n) is 4.94. The van der Waals surface area contributed by atoms with E-state index in [1.165, 1.54) is 20.1 Å². The number of aromatic amines is 1. The number of fused-ring (bicyclic) bond motifs is 1. The van der Waals surface area contributed by atoms with Crippen molar-refractivity contribution in [2.24, 2.45) is 0 Å². The molecule has 5 heteroatoms. The van der Waals surface area contributed by atoms with Crippen molar-refractivity contribution in [3.8, 4) is 5.75 Å². The molecule has 1 N–H and O–H groups in total. The minimum absolute atomic E-state index is 0.127. The lowest BCUT2D eigenvalue weighted by Gasteiger charge is -2.06. The van der Waals surface area contributed by atoms with E-state index in [9.17, 15) is 9.59 Å². The van der Waals surface area contributed by atoms with Crippen molar-refractivity contribution in [1.29, 1.82) is 0 Å². The molecule has 88 valence electrons. The second kappa shape index (κ2) is 4.22. The van der Waals surface area contributed by atoms with E-state index in [-0.39, 0.29) is 11.3 Å². The summed E-state index contributed by atoms with van der Waals surface area (Å²) in [6.45, 7) is 1.35. The zero-order valence-corrected chi connectivity index (χ0v) is 10.1. The second-order valence-corrected chi connectivity index (χ2v) is 4.05. The van der Waals surface area contributed by atoms with Gasteiger partial charge in [0.1, 0.15) is 5.75 Å². The van der Waals surface area contributed by atoms with E-state index in [1.54, 1.807) is 12.1 Å². The molecular weight excluding hydrogens is 242 g/mol. The molecular formula is C12H10ClNO3. The average molecular weight is 252 g/mol. The summed E-state index contributed by atoms with van der Waals surface area (Å²) in [6, 6.07) is 4.82. The van der Waals surface area contributed by atoms with Gasteiger partial charge in [-0.2, -0.15) is 0 Å². The Morgan fingerprint density at radius 3 is 2.65 bits per heavy atom. The van der Waals surface area contributed by atoms with Gasteiger partial charge in [0.15, 0.2) is 5.78 Å². The number of halogens is 1. The van der Waals surface area contributed by atoms with Gasteiger partial charge in [-0.05, 0) is 25.1 Å². The van der Waals surface area contributed by atoms with Crippen LogP contribution in [0, 0.1) is 0 Å².